The van der Waals surface area contributed by atoms with Gasteiger partial charge in [0.1, 0.15) is 0 Å². The third-order valence-electron chi connectivity index (χ3n) is 1.31. The summed E-state index contributed by atoms with van der Waals surface area (Å²) in [5, 5.41) is 0. The molecule has 0 N–H and O–H groups in total. The van der Waals surface area contributed by atoms with Crippen molar-refractivity contribution in [2.75, 3.05) is 0 Å². The Bertz CT molecular complexity index is 143. The predicted octanol–water partition coefficient (Wildman–Crippen LogP) is 3.37. The molecule has 0 bridgehead atoms. The molecule has 0 aliphatic heterocycles. The van der Waals surface area contributed by atoms with Crippen molar-refractivity contribution in [3.8, 4) is 0 Å². The van der Waals surface area contributed by atoms with Gasteiger partial charge < -0.3 is 14.9 Å². The number of rotatable bonds is 0. The van der Waals surface area contributed by atoms with Crippen molar-refractivity contribution in [1.29, 1.82) is 0 Å². The first-order chi connectivity index (χ1) is 5.00. The summed E-state index contributed by atoms with van der Waals surface area (Å²) < 4.78 is 0. The number of hydrogen-bond donors (Lipinski definition) is 0. The average molecular weight is 260 g/mol. The van der Waals surface area contributed by atoms with Crippen LogP contribution in [0.25, 0.3) is 0 Å². The molecular formula is C12H20Mo-2. The molecule has 0 aromatic rings. The second-order valence-electron chi connectivity index (χ2n) is 2.18. The molecular weight excluding hydrogens is 240 g/mol. The summed E-state index contributed by atoms with van der Waals surface area (Å²) in [4.78, 5) is 0. The molecule has 2 aliphatic rings. The zero-order valence-corrected chi connectivity index (χ0v) is 11.0. The molecule has 0 aromatic carbocycles. The van der Waals surface area contributed by atoms with Crippen molar-refractivity contribution in [3.63, 3.8) is 0 Å². The molecule has 2 aliphatic carbocycles. The van der Waals surface area contributed by atoms with Gasteiger partial charge in [0.2, 0.25) is 0 Å². The summed E-state index contributed by atoms with van der Waals surface area (Å²) in [6.45, 7) is 0. The summed E-state index contributed by atoms with van der Waals surface area (Å²) in [6.07, 6.45) is 19.0. The average Bonchev–Trinajstić information content (AvgIpc) is 2.67. The van der Waals surface area contributed by atoms with Crippen LogP contribution in [0.2, 0.25) is 0 Å². The molecule has 0 saturated carbocycles. The fraction of sp³-hybridized carbons (Fsp3) is 0.167. The Morgan fingerprint density at radius 3 is 0.846 bits per heavy atom. The van der Waals surface area contributed by atoms with E-state index >= 15 is 0 Å². The Kier molecular flexibility index (Phi) is 20.1. The molecule has 2 rings (SSSR count). The molecule has 0 amide bonds. The van der Waals surface area contributed by atoms with Crippen molar-refractivity contribution >= 4 is 0 Å². The fourth-order valence-corrected chi connectivity index (χ4v) is 0.786. The van der Waals surface area contributed by atoms with Gasteiger partial charge in [-0.15, -0.1) is 0 Å². The maximum absolute atomic E-state index is 2.12. The van der Waals surface area contributed by atoms with Gasteiger partial charge in [0.05, 0.1) is 0 Å². The van der Waals surface area contributed by atoms with Gasteiger partial charge in [-0.3, -0.25) is 0 Å². The van der Waals surface area contributed by atoms with Crippen LogP contribution >= 0.6 is 0 Å². The van der Waals surface area contributed by atoms with Crippen LogP contribution in [0.15, 0.2) is 48.6 Å². The topological polar surface area (TPSA) is 0 Å². The van der Waals surface area contributed by atoms with E-state index in [1.807, 2.05) is 0 Å². The van der Waals surface area contributed by atoms with Gasteiger partial charge in [-0.2, -0.15) is 0 Å². The molecule has 0 heterocycles. The zero-order valence-electron chi connectivity index (χ0n) is 8.53. The second kappa shape index (κ2) is 14.2. The van der Waals surface area contributed by atoms with Gasteiger partial charge in [-0.05, 0) is 12.8 Å². The Morgan fingerprint density at radius 1 is 0.538 bits per heavy atom. The van der Waals surface area contributed by atoms with Gasteiger partial charge in [0, 0.05) is 0 Å². The third kappa shape index (κ3) is 11.6. The van der Waals surface area contributed by atoms with E-state index in [1.54, 1.807) is 0 Å². The Hall–Kier alpha value is -0.352. The quantitative estimate of drug-likeness (QED) is 0.463. The van der Waals surface area contributed by atoms with Crippen molar-refractivity contribution in [2.45, 2.75) is 12.8 Å². The minimum absolute atomic E-state index is 0. The van der Waals surface area contributed by atoms with Crippen LogP contribution in [0, 0.1) is 14.9 Å². The first-order valence-corrected chi connectivity index (χ1v) is 3.63. The molecule has 0 unspecified atom stereocenters. The second-order valence-corrected chi connectivity index (χ2v) is 2.18. The molecule has 0 atom stereocenters. The molecule has 0 fully saturated rings. The van der Waals surface area contributed by atoms with Crippen molar-refractivity contribution < 1.29 is 21.1 Å². The zero-order chi connectivity index (χ0) is 7.07. The molecule has 1 heteroatoms. The summed E-state index contributed by atoms with van der Waals surface area (Å²) >= 11 is 0. The SMILES string of the molecule is C1=CCC=C1.C1=CCC=C1.[CH3-].[CH3-].[MoH2]. The molecule has 0 aromatic heterocycles. The molecule has 13 heavy (non-hydrogen) atoms. The summed E-state index contributed by atoms with van der Waals surface area (Å²) in [6, 6.07) is 0. The monoisotopic (exact) mass is 262 g/mol. The Balaban J connectivity index is -0.000000125. The van der Waals surface area contributed by atoms with E-state index in [4.69, 9.17) is 0 Å². The number of hydrogen-bond acceptors (Lipinski definition) is 0. The normalized spacial score (nSPS) is 13.5. The van der Waals surface area contributed by atoms with E-state index in [2.05, 4.69) is 48.6 Å². The first kappa shape index (κ1) is 18.4. The molecule has 76 valence electrons. The predicted molar refractivity (Wildman–Crippen MR) is 61.4 cm³/mol. The first-order valence-electron chi connectivity index (χ1n) is 3.63. The van der Waals surface area contributed by atoms with E-state index in [0.717, 1.165) is 12.8 Å². The van der Waals surface area contributed by atoms with Crippen LogP contribution in [-0.4, -0.2) is 0 Å². The molecule has 0 nitrogen and oxygen atoms in total. The molecule has 0 radical (unpaired) electrons. The summed E-state index contributed by atoms with van der Waals surface area (Å²) in [5.74, 6) is 0. The molecule has 0 spiro atoms. The van der Waals surface area contributed by atoms with Crippen LogP contribution in [-0.2, 0) is 21.1 Å². The van der Waals surface area contributed by atoms with Crippen LogP contribution in [0.5, 0.6) is 0 Å². The molecule has 0 saturated heterocycles. The fourth-order valence-electron chi connectivity index (χ4n) is 0.786. The van der Waals surface area contributed by atoms with Crippen molar-refractivity contribution in [3.05, 3.63) is 63.5 Å². The van der Waals surface area contributed by atoms with Crippen LogP contribution in [0.1, 0.15) is 12.8 Å². The number of allylic oxidation sites excluding steroid dienone is 8. The van der Waals surface area contributed by atoms with E-state index in [0.29, 0.717) is 0 Å². The van der Waals surface area contributed by atoms with Crippen molar-refractivity contribution in [1.82, 2.24) is 0 Å². The van der Waals surface area contributed by atoms with E-state index in [9.17, 15) is 0 Å². The van der Waals surface area contributed by atoms with Crippen LogP contribution < -0.4 is 0 Å². The standard InChI is InChI=1S/2C5H6.2CH3.Mo.2H/c2*1-2-4-5-3-1;;;;;/h2*1-4H,5H2;2*1H3;;;/q;;2*-1;;;. The Labute approximate surface area is 97.4 Å². The van der Waals surface area contributed by atoms with E-state index in [-0.39, 0.29) is 35.9 Å². The minimum atomic E-state index is 0. The van der Waals surface area contributed by atoms with Crippen molar-refractivity contribution in [2.24, 2.45) is 0 Å². The van der Waals surface area contributed by atoms with E-state index in [1.165, 1.54) is 0 Å². The summed E-state index contributed by atoms with van der Waals surface area (Å²) in [5.41, 5.74) is 0. The Morgan fingerprint density at radius 2 is 0.769 bits per heavy atom. The van der Waals surface area contributed by atoms with E-state index < -0.39 is 0 Å². The van der Waals surface area contributed by atoms with Crippen LogP contribution in [0.3, 0.4) is 0 Å². The summed E-state index contributed by atoms with van der Waals surface area (Å²) in [7, 11) is 0. The maximum atomic E-state index is 2.12. The van der Waals surface area contributed by atoms with Crippen LogP contribution in [0.4, 0.5) is 0 Å². The van der Waals surface area contributed by atoms with Gasteiger partial charge in [0.15, 0.2) is 0 Å². The third-order valence-corrected chi connectivity index (χ3v) is 1.31. The van der Waals surface area contributed by atoms with Gasteiger partial charge >= 0.3 is 21.1 Å². The van der Waals surface area contributed by atoms with Gasteiger partial charge in [-0.1, -0.05) is 48.6 Å². The van der Waals surface area contributed by atoms with Gasteiger partial charge in [0.25, 0.3) is 0 Å². The van der Waals surface area contributed by atoms with Gasteiger partial charge in [-0.25, -0.2) is 0 Å².